The van der Waals surface area contributed by atoms with E-state index >= 15 is 0 Å². The van der Waals surface area contributed by atoms with Gasteiger partial charge in [-0.25, -0.2) is 0 Å². The lowest BCUT2D eigenvalue weighted by Crippen LogP contribution is -2.18. The maximum absolute atomic E-state index is 11.6. The van der Waals surface area contributed by atoms with Crippen molar-refractivity contribution in [3.05, 3.63) is 24.5 Å². The van der Waals surface area contributed by atoms with Crippen LogP contribution in [0, 0.1) is 0 Å². The summed E-state index contributed by atoms with van der Waals surface area (Å²) in [6.45, 7) is 0. The molecule has 1 saturated heterocycles. The molecule has 0 amide bonds. The molecule has 2 atom stereocenters. The average Bonchev–Trinajstić information content (AvgIpc) is 2.77. The minimum Gasteiger partial charge on any atom is -0.295 e. The van der Waals surface area contributed by atoms with Crippen molar-refractivity contribution in [2.75, 3.05) is 5.75 Å². The molecule has 0 bridgehead atoms. The first-order valence-corrected chi connectivity index (χ1v) is 6.19. The minimum absolute atomic E-state index is 0.0512. The number of nitrogens with zero attached hydrogens (tertiary/aromatic N) is 1. The van der Waals surface area contributed by atoms with Crippen molar-refractivity contribution in [1.82, 2.24) is 4.57 Å². The quantitative estimate of drug-likeness (QED) is 0.742. The summed E-state index contributed by atoms with van der Waals surface area (Å²) in [6.07, 6.45) is 5.82. The van der Waals surface area contributed by atoms with Crippen LogP contribution in [0.25, 0.3) is 0 Å². The Hall–Kier alpha value is -0.900. The largest absolute Gasteiger partial charge is 0.295 e. The number of hydrogen-bond donors (Lipinski definition) is 0. The van der Waals surface area contributed by atoms with Crippen molar-refractivity contribution in [3.63, 3.8) is 0 Å². The lowest BCUT2D eigenvalue weighted by Gasteiger charge is -2.07. The van der Waals surface area contributed by atoms with Crippen LogP contribution in [0.4, 0.5) is 0 Å². The van der Waals surface area contributed by atoms with Crippen molar-refractivity contribution in [1.29, 1.82) is 0 Å². The van der Waals surface area contributed by atoms with Gasteiger partial charge in [0.25, 0.3) is 0 Å². The van der Waals surface area contributed by atoms with Gasteiger partial charge in [0.1, 0.15) is 0 Å². The smallest absolute Gasteiger partial charge is 0.231 e. The van der Waals surface area contributed by atoms with E-state index in [4.69, 9.17) is 0 Å². The fraction of sp³-hybridized carbons (Fsp3) is 0.500. The van der Waals surface area contributed by atoms with E-state index in [-0.39, 0.29) is 11.2 Å². The van der Waals surface area contributed by atoms with Gasteiger partial charge in [0.2, 0.25) is 5.91 Å². The van der Waals surface area contributed by atoms with Crippen molar-refractivity contribution < 1.29 is 9.00 Å². The molecule has 1 fully saturated rings. The Kier molecular flexibility index (Phi) is 2.82. The monoisotopic (exact) mass is 211 g/mol. The topological polar surface area (TPSA) is 39.1 Å². The molecule has 3 nitrogen and oxygen atoms in total. The van der Waals surface area contributed by atoms with E-state index in [1.807, 2.05) is 12.1 Å². The van der Waals surface area contributed by atoms with Crippen molar-refractivity contribution in [3.8, 4) is 0 Å². The Labute approximate surface area is 85.6 Å². The van der Waals surface area contributed by atoms with Crippen LogP contribution in [0.5, 0.6) is 0 Å². The van der Waals surface area contributed by atoms with E-state index in [0.29, 0.717) is 6.42 Å². The first-order valence-electron chi connectivity index (χ1n) is 4.81. The van der Waals surface area contributed by atoms with E-state index < -0.39 is 10.8 Å². The third-order valence-corrected chi connectivity index (χ3v) is 4.38. The Morgan fingerprint density at radius 1 is 1.43 bits per heavy atom. The van der Waals surface area contributed by atoms with Gasteiger partial charge >= 0.3 is 0 Å². The highest BCUT2D eigenvalue weighted by molar-refractivity contribution is 7.85. The third kappa shape index (κ3) is 1.95. The fourth-order valence-corrected chi connectivity index (χ4v) is 3.29. The predicted molar refractivity (Wildman–Crippen MR) is 55.7 cm³/mol. The normalized spacial score (nSPS) is 26.6. The van der Waals surface area contributed by atoms with Gasteiger partial charge in [-0.3, -0.25) is 13.6 Å². The van der Waals surface area contributed by atoms with E-state index in [1.54, 1.807) is 17.0 Å². The summed E-state index contributed by atoms with van der Waals surface area (Å²) in [6, 6.07) is 3.65. The van der Waals surface area contributed by atoms with Crippen molar-refractivity contribution in [2.24, 2.45) is 0 Å². The lowest BCUT2D eigenvalue weighted by molar-refractivity contribution is 0.0902. The molecule has 0 radical (unpaired) electrons. The Bertz CT molecular complexity index is 345. The molecule has 0 N–H and O–H groups in total. The van der Waals surface area contributed by atoms with Gasteiger partial charge in [0.05, 0.1) is 0 Å². The molecule has 0 aromatic carbocycles. The molecule has 1 aliphatic heterocycles. The number of hydrogen-bond acceptors (Lipinski definition) is 2. The minimum atomic E-state index is -0.777. The van der Waals surface area contributed by atoms with Crippen molar-refractivity contribution in [2.45, 2.75) is 24.5 Å². The second kappa shape index (κ2) is 4.09. The maximum atomic E-state index is 11.6. The van der Waals surface area contributed by atoms with E-state index in [2.05, 4.69) is 0 Å². The molecule has 14 heavy (non-hydrogen) atoms. The zero-order valence-electron chi connectivity index (χ0n) is 7.89. The van der Waals surface area contributed by atoms with Crippen LogP contribution in [0.1, 0.15) is 24.1 Å². The molecule has 2 rings (SSSR count). The molecule has 2 heterocycles. The number of carbonyl (C=O) groups is 1. The first-order chi connectivity index (χ1) is 6.77. The molecule has 0 saturated carbocycles. The fourth-order valence-electron chi connectivity index (χ4n) is 1.75. The number of rotatable bonds is 2. The second-order valence-electron chi connectivity index (χ2n) is 3.54. The van der Waals surface area contributed by atoms with Gasteiger partial charge < -0.3 is 0 Å². The highest BCUT2D eigenvalue weighted by atomic mass is 32.2. The SMILES string of the molecule is O=C(CC1CCCS1=O)n1cccc1. The van der Waals surface area contributed by atoms with Crippen LogP contribution in [-0.4, -0.2) is 25.7 Å². The van der Waals surface area contributed by atoms with E-state index in [9.17, 15) is 9.00 Å². The van der Waals surface area contributed by atoms with Crippen LogP contribution >= 0.6 is 0 Å². The number of carbonyl (C=O) groups excluding carboxylic acids is 1. The van der Waals surface area contributed by atoms with Crippen LogP contribution in [-0.2, 0) is 10.8 Å². The first kappa shape index (κ1) is 9.65. The Morgan fingerprint density at radius 3 is 2.71 bits per heavy atom. The second-order valence-corrected chi connectivity index (χ2v) is 5.37. The van der Waals surface area contributed by atoms with Gasteiger partial charge in [-0.1, -0.05) is 0 Å². The lowest BCUT2D eigenvalue weighted by atomic mass is 10.2. The standard InChI is InChI=1S/C10H13NO2S/c12-10(11-5-1-2-6-11)8-9-4-3-7-14(9)13/h1-2,5-6,9H,3-4,7-8H2. The molecular weight excluding hydrogens is 198 g/mol. The molecule has 1 aromatic heterocycles. The summed E-state index contributed by atoms with van der Waals surface area (Å²) < 4.78 is 13.0. The summed E-state index contributed by atoms with van der Waals surface area (Å²) in [5.74, 6) is 0.819. The summed E-state index contributed by atoms with van der Waals surface area (Å²) >= 11 is 0. The van der Waals surface area contributed by atoms with Gasteiger partial charge in [-0.15, -0.1) is 0 Å². The molecule has 4 heteroatoms. The molecule has 0 aliphatic carbocycles. The zero-order chi connectivity index (χ0) is 9.97. The number of aromatic nitrogens is 1. The van der Waals surface area contributed by atoms with E-state index in [0.717, 1.165) is 18.6 Å². The molecule has 76 valence electrons. The van der Waals surface area contributed by atoms with Crippen molar-refractivity contribution >= 4 is 16.7 Å². The Balaban J connectivity index is 1.98. The average molecular weight is 211 g/mol. The van der Waals surface area contributed by atoms with Gasteiger partial charge in [0.15, 0.2) is 0 Å². The molecular formula is C10H13NO2S. The molecule has 2 unspecified atom stereocenters. The summed E-state index contributed by atoms with van der Waals surface area (Å²) in [5, 5.41) is 0.0879. The maximum Gasteiger partial charge on any atom is 0.231 e. The molecule has 1 aromatic rings. The van der Waals surface area contributed by atoms with E-state index in [1.165, 1.54) is 0 Å². The molecule has 0 spiro atoms. The molecule has 1 aliphatic rings. The van der Waals surface area contributed by atoms with Crippen LogP contribution in [0.15, 0.2) is 24.5 Å². The van der Waals surface area contributed by atoms with Crippen LogP contribution in [0.3, 0.4) is 0 Å². The highest BCUT2D eigenvalue weighted by Gasteiger charge is 2.25. The summed E-state index contributed by atoms with van der Waals surface area (Å²) in [7, 11) is -0.777. The van der Waals surface area contributed by atoms with Crippen LogP contribution < -0.4 is 0 Å². The van der Waals surface area contributed by atoms with Gasteiger partial charge in [-0.05, 0) is 25.0 Å². The summed E-state index contributed by atoms with van der Waals surface area (Å²) in [5.41, 5.74) is 0. The Morgan fingerprint density at radius 2 is 2.14 bits per heavy atom. The zero-order valence-corrected chi connectivity index (χ0v) is 8.70. The highest BCUT2D eigenvalue weighted by Crippen LogP contribution is 2.19. The van der Waals surface area contributed by atoms with Gasteiger partial charge in [-0.2, -0.15) is 0 Å². The summed E-state index contributed by atoms with van der Waals surface area (Å²) in [4.78, 5) is 11.6. The predicted octanol–water partition coefficient (Wildman–Crippen LogP) is 1.43. The van der Waals surface area contributed by atoms with Gasteiger partial charge in [0, 0.05) is 40.6 Å². The van der Waals surface area contributed by atoms with Crippen LogP contribution in [0.2, 0.25) is 0 Å². The third-order valence-electron chi connectivity index (χ3n) is 2.54.